The average Bonchev–Trinajstić information content (AvgIpc) is 3.38. The molecule has 0 unspecified atom stereocenters. The SMILES string of the molecule is COC(=O)C(C(=O)OC)C(=O)C1(n2cccc2-c2ccc(Cl)cc2)CCCC1. The van der Waals surface area contributed by atoms with E-state index >= 15 is 0 Å². The molecule has 1 saturated carbocycles. The van der Waals surface area contributed by atoms with E-state index in [9.17, 15) is 14.4 Å². The summed E-state index contributed by atoms with van der Waals surface area (Å²) in [5.74, 6) is -3.89. The van der Waals surface area contributed by atoms with E-state index in [0.717, 1.165) is 38.3 Å². The Morgan fingerprint density at radius 1 is 1.00 bits per heavy atom. The number of carbonyl (C=O) groups excluding carboxylic acids is 3. The maximum atomic E-state index is 13.6. The predicted octanol–water partition coefficient (Wildman–Crippen LogP) is 3.61. The molecular weight excluding hydrogens is 382 g/mol. The Labute approximate surface area is 168 Å². The lowest BCUT2D eigenvalue weighted by Crippen LogP contribution is -2.48. The third kappa shape index (κ3) is 3.44. The molecule has 6 nitrogen and oxygen atoms in total. The number of benzene rings is 1. The lowest BCUT2D eigenvalue weighted by atomic mass is 9.83. The maximum absolute atomic E-state index is 13.6. The maximum Gasteiger partial charge on any atom is 0.327 e. The number of rotatable bonds is 6. The molecule has 0 amide bonds. The second-order valence-electron chi connectivity index (χ2n) is 6.85. The van der Waals surface area contributed by atoms with Crippen molar-refractivity contribution in [3.63, 3.8) is 0 Å². The topological polar surface area (TPSA) is 74.6 Å². The second-order valence-corrected chi connectivity index (χ2v) is 7.29. The van der Waals surface area contributed by atoms with Crippen LogP contribution in [0.3, 0.4) is 0 Å². The van der Waals surface area contributed by atoms with E-state index < -0.39 is 29.2 Å². The van der Waals surface area contributed by atoms with E-state index in [0.29, 0.717) is 17.9 Å². The van der Waals surface area contributed by atoms with Crippen molar-refractivity contribution >= 4 is 29.3 Å². The molecule has 1 aromatic carbocycles. The molecule has 28 heavy (non-hydrogen) atoms. The molecule has 0 radical (unpaired) electrons. The lowest BCUT2D eigenvalue weighted by Gasteiger charge is -2.33. The van der Waals surface area contributed by atoms with Crippen LogP contribution in [-0.2, 0) is 29.4 Å². The van der Waals surface area contributed by atoms with Gasteiger partial charge in [-0.2, -0.15) is 0 Å². The number of ether oxygens (including phenoxy) is 2. The monoisotopic (exact) mass is 403 g/mol. The third-order valence-electron chi connectivity index (χ3n) is 5.38. The number of hydrogen-bond donors (Lipinski definition) is 0. The first-order valence-electron chi connectivity index (χ1n) is 9.08. The molecule has 1 aromatic heterocycles. The molecule has 0 spiro atoms. The molecule has 3 rings (SSSR count). The van der Waals surface area contributed by atoms with Gasteiger partial charge in [0.05, 0.1) is 14.2 Å². The van der Waals surface area contributed by atoms with Crippen molar-refractivity contribution in [2.75, 3.05) is 14.2 Å². The molecule has 0 bridgehead atoms. The largest absolute Gasteiger partial charge is 0.468 e. The second kappa shape index (κ2) is 8.19. The van der Waals surface area contributed by atoms with Crippen molar-refractivity contribution in [3.8, 4) is 11.3 Å². The van der Waals surface area contributed by atoms with E-state index in [1.165, 1.54) is 0 Å². The van der Waals surface area contributed by atoms with Crippen molar-refractivity contribution in [1.82, 2.24) is 4.57 Å². The molecule has 1 aliphatic carbocycles. The standard InChI is InChI=1S/C21H22ClNO5/c1-27-19(25)17(20(26)28-2)18(24)21(11-3-4-12-21)23-13-5-6-16(23)14-7-9-15(22)10-8-14/h5-10,13,17H,3-4,11-12H2,1-2H3. The predicted molar refractivity (Wildman–Crippen MR) is 104 cm³/mol. The molecule has 2 aromatic rings. The number of aromatic nitrogens is 1. The molecule has 0 aliphatic heterocycles. The molecule has 0 atom stereocenters. The highest BCUT2D eigenvalue weighted by atomic mass is 35.5. The summed E-state index contributed by atoms with van der Waals surface area (Å²) in [6.45, 7) is 0. The van der Waals surface area contributed by atoms with Gasteiger partial charge in [0, 0.05) is 16.9 Å². The summed E-state index contributed by atoms with van der Waals surface area (Å²) in [6.07, 6.45) is 4.52. The van der Waals surface area contributed by atoms with Crippen molar-refractivity contribution < 1.29 is 23.9 Å². The molecule has 1 aliphatic rings. The highest BCUT2D eigenvalue weighted by Crippen LogP contribution is 2.42. The van der Waals surface area contributed by atoms with Crippen LogP contribution < -0.4 is 0 Å². The molecule has 0 N–H and O–H groups in total. The van der Waals surface area contributed by atoms with Gasteiger partial charge in [-0.15, -0.1) is 0 Å². The summed E-state index contributed by atoms with van der Waals surface area (Å²) in [4.78, 5) is 38.1. The number of ketones is 1. The normalized spacial score (nSPS) is 15.4. The Bertz CT molecular complexity index is 864. The van der Waals surface area contributed by atoms with Gasteiger partial charge in [0.25, 0.3) is 0 Å². The summed E-state index contributed by atoms with van der Waals surface area (Å²) in [5.41, 5.74) is 0.701. The average molecular weight is 404 g/mol. The van der Waals surface area contributed by atoms with Gasteiger partial charge in [-0.05, 0) is 42.7 Å². The van der Waals surface area contributed by atoms with Crippen molar-refractivity contribution in [3.05, 3.63) is 47.6 Å². The Hall–Kier alpha value is -2.60. The van der Waals surface area contributed by atoms with E-state index in [1.807, 2.05) is 35.0 Å². The van der Waals surface area contributed by atoms with E-state index in [4.69, 9.17) is 21.1 Å². The van der Waals surface area contributed by atoms with E-state index in [2.05, 4.69) is 0 Å². The van der Waals surface area contributed by atoms with Crippen LogP contribution in [0.2, 0.25) is 5.02 Å². The van der Waals surface area contributed by atoms with Gasteiger partial charge in [-0.3, -0.25) is 14.4 Å². The number of Topliss-reactive ketones (excluding diaryl/α,β-unsaturated/α-hetero) is 1. The minimum Gasteiger partial charge on any atom is -0.468 e. The molecule has 1 heterocycles. The molecule has 1 fully saturated rings. The zero-order chi connectivity index (χ0) is 20.3. The summed E-state index contributed by atoms with van der Waals surface area (Å²) in [7, 11) is 2.31. The number of methoxy groups -OCH3 is 2. The number of carbonyl (C=O) groups is 3. The number of halogens is 1. The van der Waals surface area contributed by atoms with Gasteiger partial charge in [0.2, 0.25) is 5.92 Å². The molecule has 148 valence electrons. The van der Waals surface area contributed by atoms with Gasteiger partial charge in [-0.1, -0.05) is 36.6 Å². The summed E-state index contributed by atoms with van der Waals surface area (Å²) >= 11 is 6.00. The lowest BCUT2D eigenvalue weighted by molar-refractivity contribution is -0.163. The Kier molecular flexibility index (Phi) is 5.89. The fourth-order valence-corrected chi connectivity index (χ4v) is 4.12. The van der Waals surface area contributed by atoms with Crippen LogP contribution >= 0.6 is 11.6 Å². The molecular formula is C21H22ClNO5. The Morgan fingerprint density at radius 2 is 1.57 bits per heavy atom. The van der Waals surface area contributed by atoms with E-state index in [-0.39, 0.29) is 0 Å². The van der Waals surface area contributed by atoms with Crippen LogP contribution in [-0.4, -0.2) is 36.5 Å². The van der Waals surface area contributed by atoms with Crippen molar-refractivity contribution in [2.45, 2.75) is 31.2 Å². The highest BCUT2D eigenvalue weighted by molar-refractivity contribution is 6.30. The van der Waals surface area contributed by atoms with E-state index in [1.54, 1.807) is 12.1 Å². The van der Waals surface area contributed by atoms with Gasteiger partial charge in [0.15, 0.2) is 5.78 Å². The fourth-order valence-electron chi connectivity index (χ4n) is 3.99. The first kappa shape index (κ1) is 20.1. The highest BCUT2D eigenvalue weighted by Gasteiger charge is 2.51. The minimum absolute atomic E-state index is 0.491. The Morgan fingerprint density at radius 3 is 2.11 bits per heavy atom. The van der Waals surface area contributed by atoms with Crippen LogP contribution in [0.5, 0.6) is 0 Å². The minimum atomic E-state index is -1.60. The van der Waals surface area contributed by atoms with Crippen molar-refractivity contribution in [2.24, 2.45) is 5.92 Å². The van der Waals surface area contributed by atoms with Crippen LogP contribution in [0.25, 0.3) is 11.3 Å². The van der Waals surface area contributed by atoms with Crippen LogP contribution in [0.15, 0.2) is 42.6 Å². The van der Waals surface area contributed by atoms with Crippen LogP contribution in [0.1, 0.15) is 25.7 Å². The quantitative estimate of drug-likeness (QED) is 0.544. The van der Waals surface area contributed by atoms with Gasteiger partial charge in [0.1, 0.15) is 5.54 Å². The molecule has 7 heteroatoms. The van der Waals surface area contributed by atoms with Crippen LogP contribution in [0.4, 0.5) is 0 Å². The first-order valence-corrected chi connectivity index (χ1v) is 9.46. The zero-order valence-corrected chi connectivity index (χ0v) is 16.6. The zero-order valence-electron chi connectivity index (χ0n) is 15.8. The van der Waals surface area contributed by atoms with Gasteiger partial charge in [-0.25, -0.2) is 0 Å². The van der Waals surface area contributed by atoms with Gasteiger partial charge < -0.3 is 14.0 Å². The van der Waals surface area contributed by atoms with Crippen LogP contribution in [0, 0.1) is 5.92 Å². The first-order chi connectivity index (χ1) is 13.4. The third-order valence-corrected chi connectivity index (χ3v) is 5.63. The summed E-state index contributed by atoms with van der Waals surface area (Å²) < 4.78 is 11.3. The number of nitrogens with zero attached hydrogens (tertiary/aromatic N) is 1. The Balaban J connectivity index is 2.10. The van der Waals surface area contributed by atoms with Gasteiger partial charge >= 0.3 is 11.9 Å². The molecule has 0 saturated heterocycles. The fraction of sp³-hybridized carbons (Fsp3) is 0.381. The summed E-state index contributed by atoms with van der Waals surface area (Å²) in [6, 6.07) is 11.1. The van der Waals surface area contributed by atoms with Crippen molar-refractivity contribution in [1.29, 1.82) is 0 Å². The number of esters is 2. The summed E-state index contributed by atoms with van der Waals surface area (Å²) in [5, 5.41) is 0.616. The number of hydrogen-bond acceptors (Lipinski definition) is 5. The smallest absolute Gasteiger partial charge is 0.327 e.